The number of hydrogen-bond acceptors (Lipinski definition) is 2. The van der Waals surface area contributed by atoms with Crippen molar-refractivity contribution in [2.75, 3.05) is 6.61 Å². The second-order valence-corrected chi connectivity index (χ2v) is 4.33. The molecule has 0 aliphatic carbocycles. The molecule has 2 nitrogen and oxygen atoms in total. The Hall–Kier alpha value is -1.22. The number of carbonyl (C=O) groups excluding carboxylic acids is 1. The molecule has 0 N–H and O–H groups in total. The van der Waals surface area contributed by atoms with E-state index in [9.17, 15) is 9.18 Å². The molecule has 0 radical (unpaired) electrons. The Balaban J connectivity index is 2.89. The summed E-state index contributed by atoms with van der Waals surface area (Å²) in [4.78, 5) is 12.3. The van der Waals surface area contributed by atoms with Gasteiger partial charge in [-0.15, -0.1) is 0 Å². The third-order valence-corrected chi connectivity index (χ3v) is 3.38. The summed E-state index contributed by atoms with van der Waals surface area (Å²) in [5, 5.41) is 0. The lowest BCUT2D eigenvalue weighted by atomic mass is 9.88. The van der Waals surface area contributed by atoms with E-state index in [1.54, 1.807) is 18.2 Å². The van der Waals surface area contributed by atoms with Crippen LogP contribution in [0.4, 0.5) is 4.39 Å². The predicted molar refractivity (Wildman–Crippen MR) is 70.1 cm³/mol. The predicted octanol–water partition coefficient (Wildman–Crippen LogP) is 3.53. The molecule has 1 aromatic carbocycles. The van der Waals surface area contributed by atoms with E-state index in [4.69, 9.17) is 4.74 Å². The van der Waals surface area contributed by atoms with Gasteiger partial charge in [0, 0.05) is 13.0 Å². The Bertz CT molecular complexity index is 397. The topological polar surface area (TPSA) is 26.3 Å². The molecule has 0 aromatic heterocycles. The van der Waals surface area contributed by atoms with Gasteiger partial charge in [0.2, 0.25) is 0 Å². The van der Waals surface area contributed by atoms with Gasteiger partial charge in [-0.25, -0.2) is 4.39 Å². The molecule has 0 saturated heterocycles. The van der Waals surface area contributed by atoms with Crippen molar-refractivity contribution >= 4 is 5.78 Å². The maximum Gasteiger partial charge on any atom is 0.169 e. The molecule has 0 bridgehead atoms. The molecule has 100 valence electrons. The minimum Gasteiger partial charge on any atom is -0.368 e. The molecule has 3 heteroatoms. The van der Waals surface area contributed by atoms with Crippen LogP contribution in [0.3, 0.4) is 0 Å². The third-order valence-electron chi connectivity index (χ3n) is 3.38. The van der Waals surface area contributed by atoms with Crippen LogP contribution in [0.2, 0.25) is 0 Å². The standard InChI is InChI=1S/C15H21FO2/c1-4-15(5-2,18-6-3)14(17)11-12-9-7-8-10-13(12)16/h7-10H,4-6,11H2,1-3H3. The number of hydrogen-bond donors (Lipinski definition) is 0. The van der Waals surface area contributed by atoms with Gasteiger partial charge in [0.25, 0.3) is 0 Å². The molecule has 0 aliphatic rings. The molecule has 1 rings (SSSR count). The summed E-state index contributed by atoms with van der Waals surface area (Å²) in [6.45, 7) is 6.22. The lowest BCUT2D eigenvalue weighted by Crippen LogP contribution is -2.41. The highest BCUT2D eigenvalue weighted by molar-refractivity contribution is 5.89. The number of carbonyl (C=O) groups is 1. The number of ether oxygens (including phenoxy) is 1. The van der Waals surface area contributed by atoms with Gasteiger partial charge < -0.3 is 4.74 Å². The van der Waals surface area contributed by atoms with Crippen molar-refractivity contribution in [3.05, 3.63) is 35.6 Å². The van der Waals surface area contributed by atoms with Crippen LogP contribution in [-0.4, -0.2) is 18.0 Å². The SMILES string of the molecule is CCOC(CC)(CC)C(=O)Cc1ccccc1F. The van der Waals surface area contributed by atoms with Gasteiger partial charge >= 0.3 is 0 Å². The molecule has 0 unspecified atom stereocenters. The summed E-state index contributed by atoms with van der Waals surface area (Å²) in [6, 6.07) is 6.39. The van der Waals surface area contributed by atoms with Crippen LogP contribution in [0.15, 0.2) is 24.3 Å². The van der Waals surface area contributed by atoms with Crippen molar-refractivity contribution in [3.8, 4) is 0 Å². The van der Waals surface area contributed by atoms with Crippen molar-refractivity contribution in [2.24, 2.45) is 0 Å². The fourth-order valence-electron chi connectivity index (χ4n) is 2.18. The Labute approximate surface area is 108 Å². The van der Waals surface area contributed by atoms with Crippen LogP contribution < -0.4 is 0 Å². The summed E-state index contributed by atoms with van der Waals surface area (Å²) < 4.78 is 19.2. The highest BCUT2D eigenvalue weighted by Crippen LogP contribution is 2.24. The van der Waals surface area contributed by atoms with E-state index < -0.39 is 5.60 Å². The Kier molecular flexibility index (Phi) is 5.48. The zero-order valence-corrected chi connectivity index (χ0v) is 11.3. The first-order valence-electron chi connectivity index (χ1n) is 6.50. The smallest absolute Gasteiger partial charge is 0.169 e. The van der Waals surface area contributed by atoms with E-state index >= 15 is 0 Å². The minimum absolute atomic E-state index is 0.0422. The van der Waals surface area contributed by atoms with Gasteiger partial charge in [-0.2, -0.15) is 0 Å². The molecule has 0 saturated carbocycles. The summed E-state index contributed by atoms with van der Waals surface area (Å²) in [5.74, 6) is -0.372. The van der Waals surface area contributed by atoms with E-state index in [1.165, 1.54) is 6.07 Å². The van der Waals surface area contributed by atoms with Crippen LogP contribution in [-0.2, 0) is 16.0 Å². The van der Waals surface area contributed by atoms with E-state index in [0.29, 0.717) is 25.0 Å². The lowest BCUT2D eigenvalue weighted by molar-refractivity contribution is -0.144. The van der Waals surface area contributed by atoms with Crippen LogP contribution in [0.5, 0.6) is 0 Å². The van der Waals surface area contributed by atoms with Crippen LogP contribution in [0.1, 0.15) is 39.2 Å². The first-order chi connectivity index (χ1) is 8.59. The molecular weight excluding hydrogens is 231 g/mol. The largest absolute Gasteiger partial charge is 0.368 e. The molecule has 18 heavy (non-hydrogen) atoms. The van der Waals surface area contributed by atoms with Crippen LogP contribution in [0.25, 0.3) is 0 Å². The molecule has 1 aromatic rings. The fourth-order valence-corrected chi connectivity index (χ4v) is 2.18. The lowest BCUT2D eigenvalue weighted by Gasteiger charge is -2.30. The average molecular weight is 252 g/mol. The minimum atomic E-state index is -0.767. The molecule has 0 amide bonds. The number of benzene rings is 1. The first-order valence-corrected chi connectivity index (χ1v) is 6.50. The third kappa shape index (κ3) is 3.16. The van der Waals surface area contributed by atoms with Gasteiger partial charge in [0.1, 0.15) is 11.4 Å². The summed E-state index contributed by atoms with van der Waals surface area (Å²) in [7, 11) is 0. The summed E-state index contributed by atoms with van der Waals surface area (Å²) in [6.07, 6.45) is 1.32. The van der Waals surface area contributed by atoms with Gasteiger partial charge in [-0.3, -0.25) is 4.79 Å². The number of ketones is 1. The number of rotatable bonds is 7. The van der Waals surface area contributed by atoms with E-state index in [0.717, 1.165) is 0 Å². The van der Waals surface area contributed by atoms with Crippen LogP contribution in [0, 0.1) is 5.82 Å². The van der Waals surface area contributed by atoms with E-state index in [-0.39, 0.29) is 18.0 Å². The fraction of sp³-hybridized carbons (Fsp3) is 0.533. The zero-order valence-electron chi connectivity index (χ0n) is 11.3. The van der Waals surface area contributed by atoms with Crippen molar-refractivity contribution in [1.29, 1.82) is 0 Å². The van der Waals surface area contributed by atoms with Crippen molar-refractivity contribution in [1.82, 2.24) is 0 Å². The van der Waals surface area contributed by atoms with E-state index in [2.05, 4.69) is 0 Å². The quantitative estimate of drug-likeness (QED) is 0.742. The molecule has 0 spiro atoms. The number of halogens is 1. The Morgan fingerprint density at radius 2 is 1.83 bits per heavy atom. The normalized spacial score (nSPS) is 11.6. The van der Waals surface area contributed by atoms with Gasteiger partial charge in [-0.1, -0.05) is 32.0 Å². The van der Waals surface area contributed by atoms with Crippen molar-refractivity contribution < 1.29 is 13.9 Å². The highest BCUT2D eigenvalue weighted by Gasteiger charge is 2.35. The monoisotopic (exact) mass is 252 g/mol. The zero-order chi connectivity index (χ0) is 13.6. The van der Waals surface area contributed by atoms with Crippen molar-refractivity contribution in [3.63, 3.8) is 0 Å². The Morgan fingerprint density at radius 3 is 2.33 bits per heavy atom. The average Bonchev–Trinajstić information content (AvgIpc) is 2.38. The number of Topliss-reactive ketones (excluding diaryl/α,β-unsaturated/α-hetero) is 1. The maximum atomic E-state index is 13.5. The second kappa shape index (κ2) is 6.64. The highest BCUT2D eigenvalue weighted by atomic mass is 19.1. The maximum absolute atomic E-state index is 13.5. The van der Waals surface area contributed by atoms with Gasteiger partial charge in [0.05, 0.1) is 0 Å². The molecule has 0 aliphatic heterocycles. The summed E-state index contributed by atoms with van der Waals surface area (Å²) >= 11 is 0. The molecular formula is C15H21FO2. The molecule has 0 heterocycles. The molecule has 0 atom stereocenters. The molecule has 0 fully saturated rings. The summed E-state index contributed by atoms with van der Waals surface area (Å²) in [5.41, 5.74) is -0.328. The first kappa shape index (κ1) is 14.8. The van der Waals surface area contributed by atoms with Gasteiger partial charge in [0.15, 0.2) is 5.78 Å². The second-order valence-electron chi connectivity index (χ2n) is 4.33. The van der Waals surface area contributed by atoms with E-state index in [1.807, 2.05) is 20.8 Å². The van der Waals surface area contributed by atoms with Crippen LogP contribution >= 0.6 is 0 Å². The Morgan fingerprint density at radius 1 is 1.22 bits per heavy atom. The van der Waals surface area contributed by atoms with Crippen molar-refractivity contribution in [2.45, 2.75) is 45.6 Å². The van der Waals surface area contributed by atoms with Gasteiger partial charge in [-0.05, 0) is 31.4 Å².